The van der Waals surface area contributed by atoms with Crippen molar-refractivity contribution in [2.24, 2.45) is 0 Å². The monoisotopic (exact) mass is 222 g/mol. The summed E-state index contributed by atoms with van der Waals surface area (Å²) in [7, 11) is 0. The molecule has 0 unspecified atom stereocenters. The fourth-order valence-corrected chi connectivity index (χ4v) is 1.61. The van der Waals surface area contributed by atoms with E-state index in [1.807, 2.05) is 36.4 Å². The van der Waals surface area contributed by atoms with E-state index >= 15 is 0 Å². The van der Waals surface area contributed by atoms with E-state index in [0.29, 0.717) is 5.56 Å². The van der Waals surface area contributed by atoms with Gasteiger partial charge < -0.3 is 0 Å². The molecule has 3 heteroatoms. The highest BCUT2D eigenvalue weighted by Gasteiger charge is 2.11. The fraction of sp³-hybridized carbons (Fsp3) is 0. The van der Waals surface area contributed by atoms with Crippen LogP contribution in [0, 0.1) is 28.5 Å². The third-order valence-electron chi connectivity index (χ3n) is 2.43. The molecule has 0 aromatic heterocycles. The van der Waals surface area contributed by atoms with Crippen molar-refractivity contribution in [1.29, 1.82) is 10.5 Å². The van der Waals surface area contributed by atoms with Crippen molar-refractivity contribution in [3.63, 3.8) is 0 Å². The van der Waals surface area contributed by atoms with Crippen molar-refractivity contribution in [3.8, 4) is 23.3 Å². The summed E-state index contributed by atoms with van der Waals surface area (Å²) < 4.78 is 13.6. The van der Waals surface area contributed by atoms with E-state index in [1.165, 1.54) is 12.1 Å². The molecule has 0 aliphatic rings. The molecule has 0 fully saturated rings. The van der Waals surface area contributed by atoms with Gasteiger partial charge in [-0.3, -0.25) is 0 Å². The molecule has 0 aliphatic heterocycles. The Hall–Kier alpha value is -2.65. The highest BCUT2D eigenvalue weighted by Crippen LogP contribution is 2.24. The van der Waals surface area contributed by atoms with Crippen molar-refractivity contribution in [3.05, 3.63) is 59.4 Å². The van der Waals surface area contributed by atoms with Gasteiger partial charge in [0.2, 0.25) is 0 Å². The summed E-state index contributed by atoms with van der Waals surface area (Å²) in [5.41, 5.74) is 1.27. The van der Waals surface area contributed by atoms with Crippen molar-refractivity contribution in [2.45, 2.75) is 0 Å². The first-order chi connectivity index (χ1) is 8.26. The summed E-state index contributed by atoms with van der Waals surface area (Å²) in [6, 6.07) is 15.5. The minimum Gasteiger partial charge on any atom is -0.205 e. The molecule has 0 heterocycles. The van der Waals surface area contributed by atoms with E-state index in [0.717, 1.165) is 5.56 Å². The van der Waals surface area contributed by atoms with E-state index in [1.54, 1.807) is 6.07 Å². The number of hydrogen-bond acceptors (Lipinski definition) is 2. The predicted octanol–water partition coefficient (Wildman–Crippen LogP) is 3.24. The second kappa shape index (κ2) is 4.47. The molecule has 0 spiro atoms. The van der Waals surface area contributed by atoms with E-state index < -0.39 is 5.82 Å². The Morgan fingerprint density at radius 1 is 0.882 bits per heavy atom. The zero-order valence-electron chi connectivity index (χ0n) is 8.81. The maximum atomic E-state index is 13.6. The molecule has 80 valence electrons. The summed E-state index contributed by atoms with van der Waals surface area (Å²) in [5.74, 6) is -0.662. The largest absolute Gasteiger partial charge is 0.205 e. The Morgan fingerprint density at radius 2 is 1.59 bits per heavy atom. The topological polar surface area (TPSA) is 47.6 Å². The molecule has 0 radical (unpaired) electrons. The molecule has 0 saturated carbocycles. The standard InChI is InChI=1S/C14H7FN2/c15-14-7-11(10-4-2-1-3-5-10)6-12(8-16)13(14)9-17/h1-7H. The zero-order valence-corrected chi connectivity index (χ0v) is 8.81. The van der Waals surface area contributed by atoms with E-state index in [4.69, 9.17) is 10.5 Å². The first-order valence-electron chi connectivity index (χ1n) is 4.95. The maximum absolute atomic E-state index is 13.6. The van der Waals surface area contributed by atoms with Crippen LogP contribution in [0.3, 0.4) is 0 Å². The second-order valence-electron chi connectivity index (χ2n) is 3.47. The molecule has 0 saturated heterocycles. The van der Waals surface area contributed by atoms with E-state index in [-0.39, 0.29) is 11.1 Å². The van der Waals surface area contributed by atoms with Gasteiger partial charge in [0.25, 0.3) is 0 Å². The Bertz CT molecular complexity index is 634. The van der Waals surface area contributed by atoms with Crippen LogP contribution in [0.25, 0.3) is 11.1 Å². The van der Waals surface area contributed by atoms with Crippen molar-refractivity contribution in [2.75, 3.05) is 0 Å². The molecular weight excluding hydrogens is 215 g/mol. The number of nitrogens with zero attached hydrogens (tertiary/aromatic N) is 2. The van der Waals surface area contributed by atoms with Gasteiger partial charge in [-0.1, -0.05) is 30.3 Å². The molecular formula is C14H7FN2. The van der Waals surface area contributed by atoms with Crippen molar-refractivity contribution >= 4 is 0 Å². The Balaban J connectivity index is 2.65. The average Bonchev–Trinajstić information content (AvgIpc) is 2.38. The summed E-state index contributed by atoms with van der Waals surface area (Å²) in [6.07, 6.45) is 0. The third kappa shape index (κ3) is 2.00. The second-order valence-corrected chi connectivity index (χ2v) is 3.47. The molecule has 2 nitrogen and oxygen atoms in total. The fourth-order valence-electron chi connectivity index (χ4n) is 1.61. The van der Waals surface area contributed by atoms with Gasteiger partial charge in [-0.05, 0) is 23.3 Å². The molecule has 0 bridgehead atoms. The Kier molecular flexibility index (Phi) is 2.85. The van der Waals surface area contributed by atoms with Gasteiger partial charge >= 0.3 is 0 Å². The SMILES string of the molecule is N#Cc1cc(-c2ccccc2)cc(F)c1C#N. The van der Waals surface area contributed by atoms with Gasteiger partial charge in [0.1, 0.15) is 23.5 Å². The molecule has 17 heavy (non-hydrogen) atoms. The van der Waals surface area contributed by atoms with Gasteiger partial charge in [-0.25, -0.2) is 4.39 Å². The maximum Gasteiger partial charge on any atom is 0.142 e. The lowest BCUT2D eigenvalue weighted by molar-refractivity contribution is 0.624. The number of halogens is 1. The lowest BCUT2D eigenvalue weighted by Crippen LogP contribution is -1.91. The Labute approximate surface area is 98.2 Å². The van der Waals surface area contributed by atoms with Crippen LogP contribution in [0.1, 0.15) is 11.1 Å². The lowest BCUT2D eigenvalue weighted by atomic mass is 10.00. The van der Waals surface area contributed by atoms with E-state index in [9.17, 15) is 4.39 Å². The van der Waals surface area contributed by atoms with Crippen LogP contribution >= 0.6 is 0 Å². The molecule has 0 aliphatic carbocycles. The molecule has 2 aromatic carbocycles. The smallest absolute Gasteiger partial charge is 0.142 e. The number of nitriles is 2. The summed E-state index contributed by atoms with van der Waals surface area (Å²) in [5, 5.41) is 17.6. The van der Waals surface area contributed by atoms with Crippen LogP contribution in [0.2, 0.25) is 0 Å². The highest BCUT2D eigenvalue weighted by molar-refractivity contribution is 5.67. The zero-order chi connectivity index (χ0) is 12.3. The van der Waals surface area contributed by atoms with Crippen LogP contribution in [0.4, 0.5) is 4.39 Å². The first-order valence-corrected chi connectivity index (χ1v) is 4.95. The Morgan fingerprint density at radius 3 is 2.18 bits per heavy atom. The van der Waals surface area contributed by atoms with E-state index in [2.05, 4.69) is 0 Å². The molecule has 2 rings (SSSR count). The summed E-state index contributed by atoms with van der Waals surface area (Å²) in [4.78, 5) is 0. The predicted molar refractivity (Wildman–Crippen MR) is 61.3 cm³/mol. The molecule has 2 aromatic rings. The third-order valence-corrected chi connectivity index (χ3v) is 2.43. The first kappa shape index (κ1) is 10.9. The van der Waals surface area contributed by atoms with Crippen LogP contribution in [0.5, 0.6) is 0 Å². The van der Waals surface area contributed by atoms with Gasteiger partial charge in [-0.15, -0.1) is 0 Å². The number of hydrogen-bond donors (Lipinski definition) is 0. The summed E-state index contributed by atoms with van der Waals surface area (Å²) in [6.45, 7) is 0. The van der Waals surface area contributed by atoms with Crippen LogP contribution in [-0.2, 0) is 0 Å². The normalized spacial score (nSPS) is 9.35. The minimum absolute atomic E-state index is 0.0614. The number of benzene rings is 2. The molecule has 0 amide bonds. The van der Waals surface area contributed by atoms with Gasteiger partial charge in [-0.2, -0.15) is 10.5 Å². The van der Waals surface area contributed by atoms with Crippen LogP contribution < -0.4 is 0 Å². The van der Waals surface area contributed by atoms with Gasteiger partial charge in [0, 0.05) is 0 Å². The molecule has 0 N–H and O–H groups in total. The van der Waals surface area contributed by atoms with Crippen LogP contribution in [-0.4, -0.2) is 0 Å². The van der Waals surface area contributed by atoms with Crippen molar-refractivity contribution in [1.82, 2.24) is 0 Å². The lowest BCUT2D eigenvalue weighted by Gasteiger charge is -2.04. The number of rotatable bonds is 1. The summed E-state index contributed by atoms with van der Waals surface area (Å²) >= 11 is 0. The minimum atomic E-state index is -0.662. The average molecular weight is 222 g/mol. The highest BCUT2D eigenvalue weighted by atomic mass is 19.1. The van der Waals surface area contributed by atoms with Gasteiger partial charge in [0.05, 0.1) is 5.56 Å². The van der Waals surface area contributed by atoms with Gasteiger partial charge in [0.15, 0.2) is 0 Å². The quantitative estimate of drug-likeness (QED) is 0.743. The molecule has 0 atom stereocenters. The van der Waals surface area contributed by atoms with Crippen LogP contribution in [0.15, 0.2) is 42.5 Å². The van der Waals surface area contributed by atoms with Crippen molar-refractivity contribution < 1.29 is 4.39 Å².